The van der Waals surface area contributed by atoms with Crippen molar-refractivity contribution in [3.63, 3.8) is 0 Å². The molecule has 0 saturated carbocycles. The first-order valence-corrected chi connectivity index (χ1v) is 5.69. The van der Waals surface area contributed by atoms with Crippen LogP contribution in [0, 0.1) is 6.92 Å². The van der Waals surface area contributed by atoms with Crippen LogP contribution in [-0.4, -0.2) is 11.1 Å². The number of nitrogens with one attached hydrogen (secondary N) is 1. The van der Waals surface area contributed by atoms with Crippen molar-refractivity contribution in [2.24, 2.45) is 5.73 Å². The lowest BCUT2D eigenvalue weighted by molar-refractivity contribution is 0.100. The normalized spacial score (nSPS) is 10.3. The van der Waals surface area contributed by atoms with Gasteiger partial charge in [0.05, 0.1) is 17.1 Å². The van der Waals surface area contributed by atoms with E-state index in [0.717, 1.165) is 17.1 Å². The molecule has 0 spiro atoms. The standard InChI is InChI=1S/C12H12ClN3O2/c1-7-4-9(16-18-7)6-15-8-2-3-10(12(14)17)11(13)5-8/h2-5,15H,6H2,1H3,(H2,14,17). The highest BCUT2D eigenvalue weighted by Gasteiger charge is 2.07. The lowest BCUT2D eigenvalue weighted by atomic mass is 10.2. The predicted molar refractivity (Wildman–Crippen MR) is 68.5 cm³/mol. The summed E-state index contributed by atoms with van der Waals surface area (Å²) in [6.45, 7) is 2.35. The third-order valence-electron chi connectivity index (χ3n) is 2.38. The number of aromatic nitrogens is 1. The number of carbonyl (C=O) groups is 1. The molecule has 1 aromatic heterocycles. The fourth-order valence-electron chi connectivity index (χ4n) is 1.52. The molecule has 2 aromatic rings. The number of nitrogens with zero attached hydrogens (tertiary/aromatic N) is 1. The van der Waals surface area contributed by atoms with Crippen molar-refractivity contribution in [2.75, 3.05) is 5.32 Å². The fourth-order valence-corrected chi connectivity index (χ4v) is 1.79. The summed E-state index contributed by atoms with van der Waals surface area (Å²) >= 11 is 5.94. The average molecular weight is 266 g/mol. The summed E-state index contributed by atoms with van der Waals surface area (Å²) in [5.41, 5.74) is 7.05. The number of aryl methyl sites for hydroxylation is 1. The second-order valence-electron chi connectivity index (χ2n) is 3.84. The van der Waals surface area contributed by atoms with Crippen molar-refractivity contribution < 1.29 is 9.32 Å². The number of amides is 1. The second-order valence-corrected chi connectivity index (χ2v) is 4.25. The number of benzene rings is 1. The number of halogens is 1. The molecule has 18 heavy (non-hydrogen) atoms. The van der Waals surface area contributed by atoms with Crippen LogP contribution in [-0.2, 0) is 6.54 Å². The van der Waals surface area contributed by atoms with Gasteiger partial charge in [-0.25, -0.2) is 0 Å². The number of hydrogen-bond donors (Lipinski definition) is 2. The number of nitrogens with two attached hydrogens (primary N) is 1. The highest BCUT2D eigenvalue weighted by molar-refractivity contribution is 6.34. The van der Waals surface area contributed by atoms with E-state index >= 15 is 0 Å². The van der Waals surface area contributed by atoms with E-state index in [1.807, 2.05) is 13.0 Å². The zero-order valence-corrected chi connectivity index (χ0v) is 10.5. The van der Waals surface area contributed by atoms with Crippen molar-refractivity contribution in [3.05, 3.63) is 46.3 Å². The van der Waals surface area contributed by atoms with Gasteiger partial charge < -0.3 is 15.6 Å². The van der Waals surface area contributed by atoms with Crippen molar-refractivity contribution in [1.82, 2.24) is 5.16 Å². The summed E-state index contributed by atoms with van der Waals surface area (Å²) in [6, 6.07) is 6.81. The van der Waals surface area contributed by atoms with Crippen LogP contribution in [0.25, 0.3) is 0 Å². The van der Waals surface area contributed by atoms with Crippen LogP contribution >= 0.6 is 11.6 Å². The Balaban J connectivity index is 2.06. The molecule has 0 aliphatic rings. The Kier molecular flexibility index (Phi) is 3.53. The maximum atomic E-state index is 11.0. The molecule has 0 saturated heterocycles. The molecule has 2 rings (SSSR count). The number of anilines is 1. The monoisotopic (exact) mass is 265 g/mol. The van der Waals surface area contributed by atoms with Gasteiger partial charge in [0.1, 0.15) is 11.5 Å². The topological polar surface area (TPSA) is 81.1 Å². The maximum Gasteiger partial charge on any atom is 0.250 e. The van der Waals surface area contributed by atoms with Gasteiger partial charge in [0.25, 0.3) is 0 Å². The number of primary amides is 1. The average Bonchev–Trinajstić information content (AvgIpc) is 2.72. The highest BCUT2D eigenvalue weighted by atomic mass is 35.5. The summed E-state index contributed by atoms with van der Waals surface area (Å²) < 4.78 is 4.95. The quantitative estimate of drug-likeness (QED) is 0.889. The molecule has 3 N–H and O–H groups in total. The largest absolute Gasteiger partial charge is 0.379 e. The first-order chi connectivity index (χ1) is 8.56. The van der Waals surface area contributed by atoms with Crippen LogP contribution in [0.2, 0.25) is 5.02 Å². The molecule has 0 radical (unpaired) electrons. The van der Waals surface area contributed by atoms with Gasteiger partial charge in [0.2, 0.25) is 5.91 Å². The van der Waals surface area contributed by atoms with Crippen molar-refractivity contribution in [1.29, 1.82) is 0 Å². The third-order valence-corrected chi connectivity index (χ3v) is 2.70. The van der Waals surface area contributed by atoms with E-state index in [-0.39, 0.29) is 0 Å². The van der Waals surface area contributed by atoms with E-state index in [9.17, 15) is 4.79 Å². The number of hydrogen-bond acceptors (Lipinski definition) is 4. The van der Waals surface area contributed by atoms with E-state index in [2.05, 4.69) is 10.5 Å². The van der Waals surface area contributed by atoms with E-state index in [1.54, 1.807) is 18.2 Å². The summed E-state index contributed by atoms with van der Waals surface area (Å²) in [5, 5.41) is 7.30. The number of rotatable bonds is 4. The smallest absolute Gasteiger partial charge is 0.250 e. The number of carbonyl (C=O) groups excluding carboxylic acids is 1. The van der Waals surface area contributed by atoms with Crippen molar-refractivity contribution in [2.45, 2.75) is 13.5 Å². The molecular formula is C12H12ClN3O2. The minimum Gasteiger partial charge on any atom is -0.379 e. The summed E-state index contributed by atoms with van der Waals surface area (Å²) in [4.78, 5) is 11.0. The third kappa shape index (κ3) is 2.81. The van der Waals surface area contributed by atoms with Crippen LogP contribution in [0.1, 0.15) is 21.8 Å². The highest BCUT2D eigenvalue weighted by Crippen LogP contribution is 2.21. The molecule has 0 aliphatic carbocycles. The molecular weight excluding hydrogens is 254 g/mol. The fraction of sp³-hybridized carbons (Fsp3) is 0.167. The molecule has 6 heteroatoms. The van der Waals surface area contributed by atoms with E-state index in [4.69, 9.17) is 21.9 Å². The lowest BCUT2D eigenvalue weighted by Gasteiger charge is -2.06. The van der Waals surface area contributed by atoms with Crippen LogP contribution in [0.4, 0.5) is 5.69 Å². The molecule has 1 aromatic carbocycles. The molecule has 0 atom stereocenters. The molecule has 0 bridgehead atoms. The van der Waals surface area contributed by atoms with Crippen LogP contribution in [0.15, 0.2) is 28.8 Å². The summed E-state index contributed by atoms with van der Waals surface area (Å²) in [6.07, 6.45) is 0. The van der Waals surface area contributed by atoms with Gasteiger partial charge in [-0.1, -0.05) is 16.8 Å². The molecule has 1 amide bonds. The van der Waals surface area contributed by atoms with E-state index < -0.39 is 5.91 Å². The molecule has 0 unspecified atom stereocenters. The summed E-state index contributed by atoms with van der Waals surface area (Å²) in [7, 11) is 0. The van der Waals surface area contributed by atoms with Gasteiger partial charge in [0, 0.05) is 11.8 Å². The van der Waals surface area contributed by atoms with Crippen LogP contribution in [0.3, 0.4) is 0 Å². The Hall–Kier alpha value is -2.01. The van der Waals surface area contributed by atoms with Crippen LogP contribution in [0.5, 0.6) is 0 Å². The Labute approximate surface area is 109 Å². The minimum absolute atomic E-state index is 0.305. The molecule has 0 aliphatic heterocycles. The Morgan fingerprint density at radius 2 is 2.28 bits per heavy atom. The predicted octanol–water partition coefficient (Wildman–Crippen LogP) is 2.35. The lowest BCUT2D eigenvalue weighted by Crippen LogP contribution is -2.11. The van der Waals surface area contributed by atoms with Gasteiger partial charge >= 0.3 is 0 Å². The van der Waals surface area contributed by atoms with E-state index in [1.165, 1.54) is 0 Å². The van der Waals surface area contributed by atoms with Crippen LogP contribution < -0.4 is 11.1 Å². The van der Waals surface area contributed by atoms with Gasteiger partial charge in [-0.3, -0.25) is 4.79 Å². The Bertz CT molecular complexity index is 580. The Morgan fingerprint density at radius 1 is 1.50 bits per heavy atom. The molecule has 0 fully saturated rings. The first kappa shape index (κ1) is 12.4. The van der Waals surface area contributed by atoms with Crippen molar-refractivity contribution >= 4 is 23.2 Å². The molecule has 5 nitrogen and oxygen atoms in total. The van der Waals surface area contributed by atoms with Crippen molar-refractivity contribution in [3.8, 4) is 0 Å². The van der Waals surface area contributed by atoms with Gasteiger partial charge in [-0.05, 0) is 25.1 Å². The minimum atomic E-state index is -0.543. The summed E-state index contributed by atoms with van der Waals surface area (Å²) in [5.74, 6) is 0.215. The Morgan fingerprint density at radius 3 is 2.83 bits per heavy atom. The second kappa shape index (κ2) is 5.10. The molecule has 1 heterocycles. The van der Waals surface area contributed by atoms with Gasteiger partial charge in [0.15, 0.2) is 0 Å². The molecule has 94 valence electrons. The maximum absolute atomic E-state index is 11.0. The zero-order valence-electron chi connectivity index (χ0n) is 9.74. The first-order valence-electron chi connectivity index (χ1n) is 5.31. The van der Waals surface area contributed by atoms with Gasteiger partial charge in [-0.2, -0.15) is 0 Å². The van der Waals surface area contributed by atoms with E-state index in [0.29, 0.717) is 17.1 Å². The zero-order chi connectivity index (χ0) is 13.1. The van der Waals surface area contributed by atoms with Gasteiger partial charge in [-0.15, -0.1) is 0 Å². The SMILES string of the molecule is Cc1cc(CNc2ccc(C(N)=O)c(Cl)c2)no1.